The first kappa shape index (κ1) is 20.4. The number of nitrogens with one attached hydrogen (secondary N) is 1. The molecule has 4 rings (SSSR count). The van der Waals surface area contributed by atoms with Gasteiger partial charge in [0.15, 0.2) is 0 Å². The number of carbonyl (C=O) groups is 2. The van der Waals surface area contributed by atoms with Crippen molar-refractivity contribution in [3.8, 4) is 0 Å². The Balaban J connectivity index is 1.48. The van der Waals surface area contributed by atoms with Crippen molar-refractivity contribution < 1.29 is 14.7 Å². The highest BCUT2D eigenvalue weighted by molar-refractivity contribution is 5.94. The molecule has 8 heteroatoms. The summed E-state index contributed by atoms with van der Waals surface area (Å²) in [4.78, 5) is 38.1. The molecule has 2 aromatic rings. The summed E-state index contributed by atoms with van der Waals surface area (Å²) < 4.78 is 0. The number of aliphatic carboxylic acids is 1. The van der Waals surface area contributed by atoms with Crippen LogP contribution in [0.15, 0.2) is 36.7 Å². The fraction of sp³-hybridized carbons (Fsp3) is 0.500. The van der Waals surface area contributed by atoms with E-state index in [1.807, 2.05) is 54.4 Å². The van der Waals surface area contributed by atoms with Crippen LogP contribution < -0.4 is 4.90 Å². The molecule has 2 fully saturated rings. The number of carbonyl (C=O) groups excluding carboxylic acids is 1. The topological polar surface area (TPSA) is 92.8 Å². The minimum Gasteiger partial charge on any atom is -0.481 e. The smallest absolute Gasteiger partial charge is 0.303 e. The van der Waals surface area contributed by atoms with Gasteiger partial charge >= 0.3 is 5.97 Å². The summed E-state index contributed by atoms with van der Waals surface area (Å²) in [6, 6.07) is 7.66. The van der Waals surface area contributed by atoms with Crippen molar-refractivity contribution in [2.45, 2.75) is 19.4 Å². The van der Waals surface area contributed by atoms with E-state index in [0.29, 0.717) is 25.1 Å². The first-order valence-corrected chi connectivity index (χ1v) is 10.4. The zero-order chi connectivity index (χ0) is 21.3. The van der Waals surface area contributed by atoms with Crippen LogP contribution in [0.4, 0.5) is 5.69 Å². The second kappa shape index (κ2) is 8.10. The van der Waals surface area contributed by atoms with Gasteiger partial charge in [-0.05, 0) is 36.6 Å². The van der Waals surface area contributed by atoms with Crippen molar-refractivity contribution in [3.63, 3.8) is 0 Å². The van der Waals surface area contributed by atoms with Gasteiger partial charge in [-0.3, -0.25) is 14.5 Å². The second-order valence-electron chi connectivity index (χ2n) is 8.79. The lowest BCUT2D eigenvalue weighted by molar-refractivity contribution is -0.137. The number of rotatable bonds is 7. The number of H-pyrrole nitrogens is 1. The summed E-state index contributed by atoms with van der Waals surface area (Å²) in [7, 11) is 3.94. The summed E-state index contributed by atoms with van der Waals surface area (Å²) in [5.41, 5.74) is 1.56. The first-order chi connectivity index (χ1) is 14.4. The summed E-state index contributed by atoms with van der Waals surface area (Å²) in [6.45, 7) is 3.63. The van der Waals surface area contributed by atoms with Crippen molar-refractivity contribution in [2.75, 3.05) is 45.2 Å². The fourth-order valence-corrected chi connectivity index (χ4v) is 4.96. The van der Waals surface area contributed by atoms with Crippen LogP contribution in [-0.2, 0) is 11.3 Å². The third kappa shape index (κ3) is 4.05. The molecule has 8 nitrogen and oxygen atoms in total. The zero-order valence-corrected chi connectivity index (χ0v) is 17.5. The molecule has 2 atom stereocenters. The molecule has 0 saturated carbocycles. The molecule has 1 aromatic carbocycles. The number of likely N-dealkylation sites (tertiary alicyclic amines) is 2. The molecule has 0 radical (unpaired) electrons. The highest BCUT2D eigenvalue weighted by Crippen LogP contribution is 2.46. The Kier molecular flexibility index (Phi) is 5.51. The summed E-state index contributed by atoms with van der Waals surface area (Å²) >= 11 is 0. The Labute approximate surface area is 176 Å². The molecule has 0 unspecified atom stereocenters. The van der Waals surface area contributed by atoms with Crippen LogP contribution in [-0.4, -0.2) is 77.0 Å². The summed E-state index contributed by atoms with van der Waals surface area (Å²) in [5, 5.41) is 9.27. The molecule has 30 heavy (non-hydrogen) atoms. The molecule has 1 amide bonds. The number of hydrogen-bond donors (Lipinski definition) is 2. The number of hydrogen-bond acceptors (Lipinski definition) is 5. The molecule has 1 aromatic heterocycles. The molecule has 0 bridgehead atoms. The Morgan fingerprint density at radius 2 is 2.00 bits per heavy atom. The van der Waals surface area contributed by atoms with Gasteiger partial charge in [0.2, 0.25) is 0 Å². The van der Waals surface area contributed by atoms with Gasteiger partial charge in [-0.25, -0.2) is 4.98 Å². The van der Waals surface area contributed by atoms with Gasteiger partial charge in [-0.2, -0.15) is 0 Å². The zero-order valence-electron chi connectivity index (χ0n) is 17.5. The van der Waals surface area contributed by atoms with Crippen LogP contribution in [0.3, 0.4) is 0 Å². The number of benzene rings is 1. The summed E-state index contributed by atoms with van der Waals surface area (Å²) in [6.07, 6.45) is 4.28. The molecular weight excluding hydrogens is 382 g/mol. The van der Waals surface area contributed by atoms with E-state index >= 15 is 0 Å². The highest BCUT2D eigenvalue weighted by Gasteiger charge is 2.53. The number of aromatic amines is 1. The van der Waals surface area contributed by atoms with Crippen LogP contribution in [0.5, 0.6) is 0 Å². The lowest BCUT2D eigenvalue weighted by Crippen LogP contribution is -2.37. The Bertz CT molecular complexity index is 896. The number of imidazole rings is 1. The average Bonchev–Trinajstić information content (AvgIpc) is 3.41. The van der Waals surface area contributed by atoms with Gasteiger partial charge in [0, 0.05) is 75.8 Å². The molecule has 160 valence electrons. The monoisotopic (exact) mass is 411 g/mol. The largest absolute Gasteiger partial charge is 0.481 e. The SMILES string of the molecule is CN(C)c1ccc(C(=O)N2C[C@@H]3CN(Cc4ncc[nH]4)C[C@]3(CCC(=O)O)C2)cc1. The van der Waals surface area contributed by atoms with Crippen molar-refractivity contribution in [1.29, 1.82) is 0 Å². The second-order valence-corrected chi connectivity index (χ2v) is 8.79. The minimum absolute atomic E-state index is 0.0296. The molecule has 2 aliphatic heterocycles. The van der Waals surface area contributed by atoms with Crippen molar-refractivity contribution >= 4 is 17.6 Å². The van der Waals surface area contributed by atoms with Gasteiger partial charge in [-0.1, -0.05) is 0 Å². The molecule has 0 spiro atoms. The number of nitrogens with zero attached hydrogens (tertiary/aromatic N) is 4. The number of amides is 1. The normalized spacial score (nSPS) is 23.5. The van der Waals surface area contributed by atoms with Crippen LogP contribution in [0.2, 0.25) is 0 Å². The maximum atomic E-state index is 13.1. The first-order valence-electron chi connectivity index (χ1n) is 10.4. The highest BCUT2D eigenvalue weighted by atomic mass is 16.4. The van der Waals surface area contributed by atoms with Gasteiger partial charge in [0.25, 0.3) is 5.91 Å². The number of carboxylic acid groups (broad SMARTS) is 1. The van der Waals surface area contributed by atoms with Crippen LogP contribution in [0, 0.1) is 11.3 Å². The maximum Gasteiger partial charge on any atom is 0.303 e. The molecule has 2 saturated heterocycles. The number of fused-ring (bicyclic) bond motifs is 1. The van der Waals surface area contributed by atoms with Gasteiger partial charge in [-0.15, -0.1) is 0 Å². The lowest BCUT2D eigenvalue weighted by Gasteiger charge is -2.29. The molecule has 3 heterocycles. The predicted octanol–water partition coefficient (Wildman–Crippen LogP) is 1.91. The van der Waals surface area contributed by atoms with Gasteiger partial charge < -0.3 is 19.9 Å². The lowest BCUT2D eigenvalue weighted by atomic mass is 9.77. The third-order valence-electron chi connectivity index (χ3n) is 6.51. The quantitative estimate of drug-likeness (QED) is 0.723. The van der Waals surface area contributed by atoms with Gasteiger partial charge in [0.1, 0.15) is 5.82 Å². The number of anilines is 1. The summed E-state index contributed by atoms with van der Waals surface area (Å²) in [5.74, 6) is 0.438. The molecule has 2 N–H and O–H groups in total. The van der Waals surface area contributed by atoms with E-state index in [0.717, 1.165) is 31.1 Å². The maximum absolute atomic E-state index is 13.1. The minimum atomic E-state index is -0.781. The van der Waals surface area contributed by atoms with Crippen molar-refractivity contribution in [3.05, 3.63) is 48.0 Å². The number of carboxylic acids is 1. The van der Waals surface area contributed by atoms with E-state index in [2.05, 4.69) is 14.9 Å². The average molecular weight is 412 g/mol. The van der Waals surface area contributed by atoms with E-state index in [1.54, 1.807) is 6.20 Å². The Morgan fingerprint density at radius 1 is 1.23 bits per heavy atom. The van der Waals surface area contributed by atoms with E-state index in [1.165, 1.54) is 0 Å². The number of aromatic nitrogens is 2. The molecule has 0 aliphatic carbocycles. The van der Waals surface area contributed by atoms with Crippen molar-refractivity contribution in [2.24, 2.45) is 11.3 Å². The van der Waals surface area contributed by atoms with Crippen LogP contribution in [0.25, 0.3) is 0 Å². The third-order valence-corrected chi connectivity index (χ3v) is 6.51. The standard InChI is InChI=1S/C22H29N5O3/c1-25(2)18-5-3-16(4-6-18)21(30)27-12-17-11-26(13-19-23-9-10-24-19)14-22(17,15-27)8-7-20(28)29/h3-6,9-10,17H,7-8,11-15H2,1-2H3,(H,23,24)(H,28,29)/t17-,22+/m0/s1. The van der Waals surface area contributed by atoms with Crippen LogP contribution >= 0.6 is 0 Å². The van der Waals surface area contributed by atoms with E-state index in [-0.39, 0.29) is 23.7 Å². The van der Waals surface area contributed by atoms with Crippen LogP contribution in [0.1, 0.15) is 29.0 Å². The van der Waals surface area contributed by atoms with E-state index < -0.39 is 5.97 Å². The predicted molar refractivity (Wildman–Crippen MR) is 113 cm³/mol. The Morgan fingerprint density at radius 3 is 2.63 bits per heavy atom. The van der Waals surface area contributed by atoms with Gasteiger partial charge in [0.05, 0.1) is 6.54 Å². The van der Waals surface area contributed by atoms with E-state index in [4.69, 9.17) is 0 Å². The van der Waals surface area contributed by atoms with Crippen molar-refractivity contribution in [1.82, 2.24) is 19.8 Å². The van der Waals surface area contributed by atoms with E-state index in [9.17, 15) is 14.7 Å². The fourth-order valence-electron chi connectivity index (χ4n) is 4.96. The molecule has 2 aliphatic rings. The molecular formula is C22H29N5O3. The Hall–Kier alpha value is -2.87.